The second kappa shape index (κ2) is 4.72. The van der Waals surface area contributed by atoms with Gasteiger partial charge >= 0.3 is 11.4 Å². The maximum absolute atomic E-state index is 12.3. The third-order valence-electron chi connectivity index (χ3n) is 3.08. The zero-order valence-electron chi connectivity index (χ0n) is 11.4. The van der Waals surface area contributed by atoms with E-state index in [0.29, 0.717) is 5.69 Å². The van der Waals surface area contributed by atoms with E-state index in [1.807, 2.05) is 32.0 Å². The number of hydrogen-bond acceptors (Lipinski definition) is 4. The lowest BCUT2D eigenvalue weighted by atomic mass is 10.1. The normalized spacial score (nSPS) is 10.5. The fourth-order valence-corrected chi connectivity index (χ4v) is 2.11. The van der Waals surface area contributed by atoms with Crippen molar-refractivity contribution in [3.05, 3.63) is 50.3 Å². The molecule has 0 aliphatic rings. The molecule has 0 radical (unpaired) electrons. The van der Waals surface area contributed by atoms with Gasteiger partial charge in [0.2, 0.25) is 5.95 Å². The van der Waals surface area contributed by atoms with Crippen LogP contribution in [-0.2, 0) is 7.05 Å². The van der Waals surface area contributed by atoms with E-state index in [2.05, 4.69) is 10.3 Å². The summed E-state index contributed by atoms with van der Waals surface area (Å²) in [5.41, 5.74) is 1.33. The summed E-state index contributed by atoms with van der Waals surface area (Å²) < 4.78 is 2.42. The molecule has 1 heterocycles. The first-order chi connectivity index (χ1) is 8.97. The third kappa shape index (κ3) is 2.05. The summed E-state index contributed by atoms with van der Waals surface area (Å²) in [7, 11) is 3.19. The van der Waals surface area contributed by atoms with Crippen molar-refractivity contribution in [3.8, 4) is 5.69 Å². The Balaban J connectivity index is 2.89. The first-order valence-electron chi connectivity index (χ1n) is 5.91. The van der Waals surface area contributed by atoms with Gasteiger partial charge in [-0.15, -0.1) is 0 Å². The molecule has 1 N–H and O–H groups in total. The minimum Gasteiger partial charge on any atom is -0.358 e. The van der Waals surface area contributed by atoms with Gasteiger partial charge in [0.1, 0.15) is 0 Å². The number of anilines is 1. The molecule has 6 nitrogen and oxygen atoms in total. The van der Waals surface area contributed by atoms with Crippen molar-refractivity contribution < 1.29 is 0 Å². The topological polar surface area (TPSA) is 68.9 Å². The Morgan fingerprint density at radius 3 is 2.26 bits per heavy atom. The van der Waals surface area contributed by atoms with E-state index in [1.54, 1.807) is 14.1 Å². The van der Waals surface area contributed by atoms with Crippen LogP contribution in [0.2, 0.25) is 0 Å². The van der Waals surface area contributed by atoms with Crippen LogP contribution < -0.4 is 16.7 Å². The highest BCUT2D eigenvalue weighted by atomic mass is 16.2. The van der Waals surface area contributed by atoms with Crippen molar-refractivity contribution in [1.29, 1.82) is 0 Å². The molecule has 0 saturated carbocycles. The smallest absolute Gasteiger partial charge is 0.358 e. The Bertz CT molecular complexity index is 723. The average Bonchev–Trinajstić information content (AvgIpc) is 2.37. The first kappa shape index (κ1) is 13.1. The fourth-order valence-electron chi connectivity index (χ4n) is 2.11. The molecule has 1 aromatic heterocycles. The highest BCUT2D eigenvalue weighted by molar-refractivity contribution is 5.46. The van der Waals surface area contributed by atoms with Gasteiger partial charge < -0.3 is 5.32 Å². The Morgan fingerprint density at radius 1 is 1.16 bits per heavy atom. The van der Waals surface area contributed by atoms with Gasteiger partial charge in [-0.2, -0.15) is 4.98 Å². The van der Waals surface area contributed by atoms with Crippen LogP contribution in [-0.4, -0.2) is 21.2 Å². The molecular weight excluding hydrogens is 244 g/mol. The summed E-state index contributed by atoms with van der Waals surface area (Å²) in [5, 5.41) is 2.72. The van der Waals surface area contributed by atoms with Crippen molar-refractivity contribution in [1.82, 2.24) is 14.1 Å². The number of para-hydroxylation sites is 1. The summed E-state index contributed by atoms with van der Waals surface area (Å²) in [6.45, 7) is 3.72. The van der Waals surface area contributed by atoms with Gasteiger partial charge in [-0.3, -0.25) is 4.57 Å². The first-order valence-corrected chi connectivity index (χ1v) is 5.91. The maximum atomic E-state index is 12.3. The van der Waals surface area contributed by atoms with Crippen LogP contribution in [0.3, 0.4) is 0 Å². The lowest BCUT2D eigenvalue weighted by molar-refractivity contribution is 0.698. The maximum Gasteiger partial charge on any atom is 0.359 e. The Morgan fingerprint density at radius 2 is 1.74 bits per heavy atom. The second-order valence-electron chi connectivity index (χ2n) is 4.39. The molecule has 0 unspecified atom stereocenters. The molecule has 2 aromatic rings. The molecule has 0 saturated heterocycles. The number of rotatable bonds is 2. The van der Waals surface area contributed by atoms with Crippen molar-refractivity contribution >= 4 is 5.95 Å². The minimum atomic E-state index is -0.579. The van der Waals surface area contributed by atoms with E-state index in [-0.39, 0.29) is 5.95 Å². The summed E-state index contributed by atoms with van der Waals surface area (Å²) >= 11 is 0. The predicted octanol–water partition coefficient (Wildman–Crippen LogP) is 0.590. The molecule has 19 heavy (non-hydrogen) atoms. The van der Waals surface area contributed by atoms with Crippen LogP contribution in [0.25, 0.3) is 5.69 Å². The predicted molar refractivity (Wildman–Crippen MR) is 74.1 cm³/mol. The van der Waals surface area contributed by atoms with Crippen LogP contribution in [0.5, 0.6) is 0 Å². The van der Waals surface area contributed by atoms with Crippen molar-refractivity contribution in [2.24, 2.45) is 7.05 Å². The molecule has 0 atom stereocenters. The van der Waals surface area contributed by atoms with E-state index in [4.69, 9.17) is 0 Å². The number of aromatic nitrogens is 3. The molecule has 100 valence electrons. The molecule has 0 aliphatic heterocycles. The van der Waals surface area contributed by atoms with E-state index in [9.17, 15) is 9.59 Å². The summed E-state index contributed by atoms with van der Waals surface area (Å²) in [5.74, 6) is 0.248. The van der Waals surface area contributed by atoms with Gasteiger partial charge in [-0.25, -0.2) is 14.2 Å². The molecule has 1 aromatic carbocycles. The van der Waals surface area contributed by atoms with Crippen molar-refractivity contribution in [2.45, 2.75) is 13.8 Å². The van der Waals surface area contributed by atoms with E-state index in [1.165, 1.54) is 4.57 Å². The summed E-state index contributed by atoms with van der Waals surface area (Å²) in [4.78, 5) is 28.3. The van der Waals surface area contributed by atoms with Crippen LogP contribution >= 0.6 is 0 Å². The quantitative estimate of drug-likeness (QED) is 0.858. The van der Waals surface area contributed by atoms with Crippen LogP contribution in [0.1, 0.15) is 11.1 Å². The third-order valence-corrected chi connectivity index (χ3v) is 3.08. The van der Waals surface area contributed by atoms with Crippen LogP contribution in [0.4, 0.5) is 5.95 Å². The molecule has 0 fully saturated rings. The van der Waals surface area contributed by atoms with E-state index in [0.717, 1.165) is 15.7 Å². The van der Waals surface area contributed by atoms with Crippen molar-refractivity contribution in [2.75, 3.05) is 12.4 Å². The van der Waals surface area contributed by atoms with Gasteiger partial charge in [0, 0.05) is 14.1 Å². The second-order valence-corrected chi connectivity index (χ2v) is 4.39. The monoisotopic (exact) mass is 260 g/mol. The number of nitrogens with zero attached hydrogens (tertiary/aromatic N) is 3. The molecule has 0 aliphatic carbocycles. The lowest BCUT2D eigenvalue weighted by Gasteiger charge is -2.13. The van der Waals surface area contributed by atoms with Crippen LogP contribution in [0, 0.1) is 13.8 Å². The highest BCUT2D eigenvalue weighted by Gasteiger charge is 2.14. The number of hydrogen-bond donors (Lipinski definition) is 1. The average molecular weight is 260 g/mol. The lowest BCUT2D eigenvalue weighted by Crippen LogP contribution is -2.41. The van der Waals surface area contributed by atoms with Crippen molar-refractivity contribution in [3.63, 3.8) is 0 Å². The van der Waals surface area contributed by atoms with Crippen LogP contribution in [0.15, 0.2) is 27.8 Å². The zero-order chi connectivity index (χ0) is 14.2. The Kier molecular flexibility index (Phi) is 3.25. The van der Waals surface area contributed by atoms with Gasteiger partial charge in [-0.1, -0.05) is 18.2 Å². The molecule has 2 rings (SSSR count). The molecule has 0 amide bonds. The van der Waals surface area contributed by atoms with E-state index >= 15 is 0 Å². The van der Waals surface area contributed by atoms with Gasteiger partial charge in [0.05, 0.1) is 5.69 Å². The fraction of sp³-hybridized carbons (Fsp3) is 0.308. The standard InChI is InChI=1S/C13H16N4O2/c1-8-6-5-7-9(2)10(8)17-12(18)15-11(14-3)16(4)13(17)19/h5-7H,1-4H3,(H,14,15,18). The van der Waals surface area contributed by atoms with Gasteiger partial charge in [0.25, 0.3) is 0 Å². The van der Waals surface area contributed by atoms with E-state index < -0.39 is 11.4 Å². The zero-order valence-corrected chi connectivity index (χ0v) is 11.4. The number of aryl methyl sites for hydroxylation is 2. The molecule has 6 heteroatoms. The molecule has 0 spiro atoms. The number of nitrogens with one attached hydrogen (secondary N) is 1. The highest BCUT2D eigenvalue weighted by Crippen LogP contribution is 2.15. The molecular formula is C13H16N4O2. The molecule has 0 bridgehead atoms. The van der Waals surface area contributed by atoms with Gasteiger partial charge in [-0.05, 0) is 25.0 Å². The summed E-state index contributed by atoms with van der Waals surface area (Å²) in [6.07, 6.45) is 0. The summed E-state index contributed by atoms with van der Waals surface area (Å²) in [6, 6.07) is 5.61. The SMILES string of the molecule is CNc1nc(=O)n(-c2c(C)cccc2C)c(=O)n1C. The number of benzene rings is 1. The Labute approximate surface area is 110 Å². The largest absolute Gasteiger partial charge is 0.359 e. The van der Waals surface area contributed by atoms with Gasteiger partial charge in [0.15, 0.2) is 0 Å². The minimum absolute atomic E-state index is 0.248. The Hall–Kier alpha value is -2.37.